The molecule has 0 amide bonds. The van der Waals surface area contributed by atoms with Gasteiger partial charge in [0.25, 0.3) is 0 Å². The normalized spacial score (nSPS) is 9.86. The fraction of sp³-hybridized carbons (Fsp3) is 0.944. The zero-order chi connectivity index (χ0) is 14.9. The van der Waals surface area contributed by atoms with Crippen LogP contribution in [0.4, 0.5) is 0 Å². The molecule has 0 saturated carbocycles. The summed E-state index contributed by atoms with van der Waals surface area (Å²) in [5.74, 6) is -0.903. The van der Waals surface area contributed by atoms with Gasteiger partial charge in [0.05, 0.1) is 0 Å². The van der Waals surface area contributed by atoms with Crippen molar-refractivity contribution in [2.75, 3.05) is 0 Å². The van der Waals surface area contributed by atoms with Crippen LogP contribution in [0.3, 0.4) is 0 Å². The summed E-state index contributed by atoms with van der Waals surface area (Å²) < 4.78 is 0. The summed E-state index contributed by atoms with van der Waals surface area (Å²) in [6.07, 6.45) is 19.9. The first kappa shape index (κ1) is 28.3. The van der Waals surface area contributed by atoms with Crippen molar-refractivity contribution in [1.29, 1.82) is 0 Å². The fourth-order valence-electron chi connectivity index (χ4n) is 2.64. The second kappa shape index (κ2) is 24.7. The van der Waals surface area contributed by atoms with Gasteiger partial charge in [-0.15, -0.1) is 0 Å². The predicted molar refractivity (Wildman–Crippen MR) is 96.1 cm³/mol. The van der Waals surface area contributed by atoms with Gasteiger partial charge >= 0.3 is 60.8 Å². The van der Waals surface area contributed by atoms with Crippen molar-refractivity contribution in [2.45, 2.75) is 110 Å². The molecule has 0 unspecified atom stereocenters. The summed E-state index contributed by atoms with van der Waals surface area (Å²) >= 11 is 0. The number of unbranched alkanes of at least 4 members (excludes halogenated alkanes) is 14. The Morgan fingerprint density at radius 3 is 1.18 bits per heavy atom. The molecule has 0 bridgehead atoms. The van der Waals surface area contributed by atoms with Crippen molar-refractivity contribution in [1.82, 2.24) is 0 Å². The molecule has 0 fully saturated rings. The number of rotatable bonds is 16. The summed E-state index contributed by atoms with van der Waals surface area (Å²) in [6.45, 7) is 2.27. The van der Waals surface area contributed by atoms with E-state index in [1.54, 1.807) is 0 Å². The van der Waals surface area contributed by atoms with E-state index in [1.165, 1.54) is 83.5 Å². The van der Waals surface area contributed by atoms with Crippen LogP contribution in [0.1, 0.15) is 110 Å². The fourth-order valence-corrected chi connectivity index (χ4v) is 2.64. The number of carbonyl (C=O) groups excluding carboxylic acids is 1. The van der Waals surface area contributed by atoms with Gasteiger partial charge in [0.2, 0.25) is 0 Å². The molecule has 0 rings (SSSR count). The van der Waals surface area contributed by atoms with Crippen molar-refractivity contribution in [2.24, 2.45) is 0 Å². The van der Waals surface area contributed by atoms with E-state index in [0.717, 1.165) is 12.8 Å². The average Bonchev–Trinajstić information content (AvgIpc) is 2.43. The number of hydrogen-bond acceptors (Lipinski definition) is 2. The van der Waals surface area contributed by atoms with Crippen molar-refractivity contribution >= 4 is 66.8 Å². The number of aliphatic carboxylic acids is 1. The molecule has 120 valence electrons. The maximum Gasteiger partial charge on any atom is 2.00 e. The molecule has 0 atom stereocenters. The molecule has 0 aromatic carbocycles. The standard InChI is InChI=1S/C18H36O2.Ca.Mg/c1-2-3-4-5-6-7-8-9-10-11-12-13-14-15-16-17-18(19)20;;/h2-17H2,1H3,(H,19,20);;/q;2*+2/p-1. The first-order valence-electron chi connectivity index (χ1n) is 8.97. The number of hydrogen-bond donors (Lipinski definition) is 0. The third kappa shape index (κ3) is 26.4. The van der Waals surface area contributed by atoms with E-state index in [2.05, 4.69) is 6.92 Å². The Bertz CT molecular complexity index is 213. The van der Waals surface area contributed by atoms with Gasteiger partial charge in [-0.05, 0) is 12.8 Å². The van der Waals surface area contributed by atoms with Crippen LogP contribution in [0.2, 0.25) is 0 Å². The van der Waals surface area contributed by atoms with Gasteiger partial charge in [-0.2, -0.15) is 0 Å². The average molecular weight is 348 g/mol. The third-order valence-corrected chi connectivity index (χ3v) is 3.98. The van der Waals surface area contributed by atoms with Crippen LogP contribution in [0.25, 0.3) is 0 Å². The van der Waals surface area contributed by atoms with Gasteiger partial charge in [0.1, 0.15) is 0 Å². The minimum Gasteiger partial charge on any atom is -0.550 e. The second-order valence-corrected chi connectivity index (χ2v) is 6.07. The Morgan fingerprint density at radius 2 is 0.909 bits per heavy atom. The molecule has 0 saturated heterocycles. The van der Waals surface area contributed by atoms with Crippen molar-refractivity contribution in [3.05, 3.63) is 0 Å². The number of carbonyl (C=O) groups is 1. The van der Waals surface area contributed by atoms with E-state index in [4.69, 9.17) is 0 Å². The van der Waals surface area contributed by atoms with Gasteiger partial charge in [0.15, 0.2) is 0 Å². The first-order valence-corrected chi connectivity index (χ1v) is 8.97. The Balaban J connectivity index is -0.00000180. The van der Waals surface area contributed by atoms with Gasteiger partial charge in [-0.3, -0.25) is 0 Å². The van der Waals surface area contributed by atoms with E-state index in [-0.39, 0.29) is 67.2 Å². The molecule has 4 heteroatoms. The van der Waals surface area contributed by atoms with Gasteiger partial charge in [-0.25, -0.2) is 0 Å². The number of carboxylic acid groups (broad SMARTS) is 1. The molecule has 0 radical (unpaired) electrons. The monoisotopic (exact) mass is 347 g/mol. The first-order chi connectivity index (χ1) is 9.77. The maximum atomic E-state index is 10.2. The smallest absolute Gasteiger partial charge is 0.550 e. The summed E-state index contributed by atoms with van der Waals surface area (Å²) in [5, 5.41) is 10.2. The molecule has 2 nitrogen and oxygen atoms in total. The molecule has 0 aliphatic rings. The molecule has 0 N–H and O–H groups in total. The van der Waals surface area contributed by atoms with Crippen LogP contribution >= 0.6 is 0 Å². The molecule has 22 heavy (non-hydrogen) atoms. The molecular weight excluding hydrogens is 313 g/mol. The van der Waals surface area contributed by atoms with Crippen LogP contribution in [0.15, 0.2) is 0 Å². The summed E-state index contributed by atoms with van der Waals surface area (Å²) in [7, 11) is 0. The Morgan fingerprint density at radius 1 is 0.636 bits per heavy atom. The Kier molecular flexibility index (Phi) is 31.8. The van der Waals surface area contributed by atoms with Gasteiger partial charge in [0, 0.05) is 5.97 Å². The SMILES string of the molecule is CCCCCCCCCCCCCCCCCC(=O)[O-].[Ca+2].[Mg+2]. The number of carboxylic acids is 1. The summed E-state index contributed by atoms with van der Waals surface area (Å²) in [6, 6.07) is 0. The van der Waals surface area contributed by atoms with E-state index in [0.29, 0.717) is 0 Å². The summed E-state index contributed by atoms with van der Waals surface area (Å²) in [5.41, 5.74) is 0. The zero-order valence-corrected chi connectivity index (χ0v) is 18.7. The molecule has 0 aromatic rings. The molecule has 0 aliphatic heterocycles. The van der Waals surface area contributed by atoms with E-state index in [1.807, 2.05) is 0 Å². The minimum atomic E-state index is -0.903. The van der Waals surface area contributed by atoms with Crippen molar-refractivity contribution in [3.63, 3.8) is 0 Å². The third-order valence-electron chi connectivity index (χ3n) is 3.98. The van der Waals surface area contributed by atoms with E-state index >= 15 is 0 Å². The van der Waals surface area contributed by atoms with Gasteiger partial charge in [-0.1, -0.05) is 96.8 Å². The maximum absolute atomic E-state index is 10.2. The van der Waals surface area contributed by atoms with Crippen LogP contribution in [-0.4, -0.2) is 66.8 Å². The van der Waals surface area contributed by atoms with Gasteiger partial charge < -0.3 is 9.90 Å². The van der Waals surface area contributed by atoms with Crippen LogP contribution in [0, 0.1) is 0 Å². The van der Waals surface area contributed by atoms with E-state index in [9.17, 15) is 9.90 Å². The van der Waals surface area contributed by atoms with Crippen LogP contribution in [-0.2, 0) is 4.79 Å². The van der Waals surface area contributed by atoms with Crippen LogP contribution in [0.5, 0.6) is 0 Å². The molecule has 0 heterocycles. The molecule has 0 aliphatic carbocycles. The zero-order valence-electron chi connectivity index (χ0n) is 15.0. The predicted octanol–water partition coefficient (Wildman–Crippen LogP) is 4.24. The Hall–Kier alpha value is 1.50. The molecule has 0 spiro atoms. The van der Waals surface area contributed by atoms with Crippen molar-refractivity contribution in [3.8, 4) is 0 Å². The Labute approximate surface area is 184 Å². The van der Waals surface area contributed by atoms with Crippen molar-refractivity contribution < 1.29 is 9.90 Å². The van der Waals surface area contributed by atoms with E-state index < -0.39 is 5.97 Å². The largest absolute Gasteiger partial charge is 2.00 e. The molecule has 0 aromatic heterocycles. The summed E-state index contributed by atoms with van der Waals surface area (Å²) in [4.78, 5) is 10.2. The minimum absolute atomic E-state index is 0. The second-order valence-electron chi connectivity index (χ2n) is 6.07. The molecular formula is C18H35CaMgO2+3. The quantitative estimate of drug-likeness (QED) is 0.309. The topological polar surface area (TPSA) is 40.1 Å². The van der Waals surface area contributed by atoms with Crippen LogP contribution < -0.4 is 5.11 Å².